The molecule has 0 radical (unpaired) electrons. The Morgan fingerprint density at radius 1 is 1.20 bits per heavy atom. The van der Waals surface area contributed by atoms with E-state index in [1.54, 1.807) is 11.9 Å². The van der Waals surface area contributed by atoms with Crippen molar-refractivity contribution in [3.63, 3.8) is 0 Å². The van der Waals surface area contributed by atoms with Gasteiger partial charge in [0.05, 0.1) is 7.11 Å². The molecule has 1 aliphatic heterocycles. The lowest BCUT2D eigenvalue weighted by atomic mass is 10.00. The van der Waals surface area contributed by atoms with Gasteiger partial charge in [-0.05, 0) is 35.7 Å². The number of esters is 1. The number of carbonyl (C=O) groups excluding carboxylic acids is 2. The Labute approximate surface area is 147 Å². The fourth-order valence-electron chi connectivity index (χ4n) is 3.13. The summed E-state index contributed by atoms with van der Waals surface area (Å²) in [5.74, 6) is -0.168. The van der Waals surface area contributed by atoms with Gasteiger partial charge in [0.1, 0.15) is 6.04 Å². The summed E-state index contributed by atoms with van der Waals surface area (Å²) in [7, 11) is 3.19. The lowest BCUT2D eigenvalue weighted by Crippen LogP contribution is -2.33. The average Bonchev–Trinajstić information content (AvgIpc) is 2.64. The van der Waals surface area contributed by atoms with E-state index in [1.807, 2.05) is 48.5 Å². The molecule has 0 bridgehead atoms. The number of nitrogens with zero attached hydrogens (tertiary/aromatic N) is 1. The maximum atomic E-state index is 12.2. The molecule has 0 aliphatic carbocycles. The molecule has 3 rings (SSSR count). The highest BCUT2D eigenvalue weighted by molar-refractivity contribution is 5.96. The Hall–Kier alpha value is -2.82. The van der Waals surface area contributed by atoms with Gasteiger partial charge in [-0.25, -0.2) is 4.79 Å². The van der Waals surface area contributed by atoms with Crippen LogP contribution in [0.25, 0.3) is 0 Å². The zero-order valence-corrected chi connectivity index (χ0v) is 14.5. The molecular weight excluding hydrogens is 316 g/mol. The lowest BCUT2D eigenvalue weighted by molar-refractivity contribution is -0.141. The number of carbonyl (C=O) groups is 2. The van der Waals surface area contributed by atoms with Crippen molar-refractivity contribution in [3.05, 3.63) is 59.7 Å². The van der Waals surface area contributed by atoms with Crippen LogP contribution >= 0.6 is 0 Å². The predicted octanol–water partition coefficient (Wildman–Crippen LogP) is 2.79. The molecule has 2 aromatic carbocycles. The second-order valence-electron chi connectivity index (χ2n) is 6.21. The number of methoxy groups -OCH3 is 1. The highest BCUT2D eigenvalue weighted by atomic mass is 16.5. The number of rotatable bonds is 5. The van der Waals surface area contributed by atoms with Crippen LogP contribution in [-0.2, 0) is 27.2 Å². The Balaban J connectivity index is 1.80. The Morgan fingerprint density at radius 3 is 2.68 bits per heavy atom. The molecule has 1 aliphatic rings. The lowest BCUT2D eigenvalue weighted by Gasteiger charge is -2.27. The number of amides is 1. The number of ether oxygens (including phenoxy) is 1. The van der Waals surface area contributed by atoms with Gasteiger partial charge >= 0.3 is 5.97 Å². The Bertz CT molecular complexity index is 774. The number of nitrogens with one attached hydrogen (secondary N) is 1. The number of fused-ring (bicyclic) bond motifs is 1. The van der Waals surface area contributed by atoms with Gasteiger partial charge in [0.25, 0.3) is 0 Å². The SMILES string of the molecule is COC(=O)C(Cc1ccccc1)Nc1ccc2c(c1)CCC(=O)N2C. The zero-order valence-electron chi connectivity index (χ0n) is 14.5. The van der Waals surface area contributed by atoms with Crippen molar-refractivity contribution < 1.29 is 14.3 Å². The molecule has 5 nitrogen and oxygen atoms in total. The molecule has 1 atom stereocenters. The van der Waals surface area contributed by atoms with Gasteiger partial charge in [-0.15, -0.1) is 0 Å². The summed E-state index contributed by atoms with van der Waals surface area (Å²) in [6.07, 6.45) is 1.77. The standard InChI is InChI=1S/C20H22N2O3/c1-22-18-10-9-16(13-15(18)8-11-19(22)23)21-17(20(24)25-2)12-14-6-4-3-5-7-14/h3-7,9-10,13,17,21H,8,11-12H2,1-2H3. The van der Waals surface area contributed by atoms with Crippen molar-refractivity contribution in [2.24, 2.45) is 0 Å². The number of aryl methyl sites for hydroxylation is 1. The van der Waals surface area contributed by atoms with E-state index in [2.05, 4.69) is 5.32 Å². The fourth-order valence-corrected chi connectivity index (χ4v) is 3.13. The van der Waals surface area contributed by atoms with Gasteiger partial charge in [0, 0.05) is 31.3 Å². The summed E-state index contributed by atoms with van der Waals surface area (Å²) in [6, 6.07) is 15.2. The van der Waals surface area contributed by atoms with Gasteiger partial charge in [0.15, 0.2) is 0 Å². The van der Waals surface area contributed by atoms with E-state index < -0.39 is 6.04 Å². The van der Waals surface area contributed by atoms with E-state index in [9.17, 15) is 9.59 Å². The molecule has 1 amide bonds. The third-order valence-electron chi connectivity index (χ3n) is 4.53. The van der Waals surface area contributed by atoms with Gasteiger partial charge in [-0.2, -0.15) is 0 Å². The first-order valence-corrected chi connectivity index (χ1v) is 8.36. The summed E-state index contributed by atoms with van der Waals surface area (Å²) in [4.78, 5) is 25.7. The van der Waals surface area contributed by atoms with Crippen molar-refractivity contribution in [2.45, 2.75) is 25.3 Å². The highest BCUT2D eigenvalue weighted by Gasteiger charge is 2.23. The van der Waals surface area contributed by atoms with Crippen LogP contribution in [0.2, 0.25) is 0 Å². The third kappa shape index (κ3) is 3.82. The fraction of sp³-hybridized carbons (Fsp3) is 0.300. The molecular formula is C20H22N2O3. The average molecular weight is 338 g/mol. The van der Waals surface area contributed by atoms with E-state index in [0.29, 0.717) is 12.8 Å². The first-order chi connectivity index (χ1) is 12.1. The van der Waals surface area contributed by atoms with E-state index in [-0.39, 0.29) is 11.9 Å². The van der Waals surface area contributed by atoms with Gasteiger partial charge < -0.3 is 15.0 Å². The predicted molar refractivity (Wildman–Crippen MR) is 97.7 cm³/mol. The number of anilines is 2. The van der Waals surface area contributed by atoms with Crippen molar-refractivity contribution in [1.82, 2.24) is 0 Å². The molecule has 0 saturated carbocycles. The van der Waals surface area contributed by atoms with Crippen LogP contribution in [0.4, 0.5) is 11.4 Å². The first kappa shape index (κ1) is 17.0. The summed E-state index contributed by atoms with van der Waals surface area (Å²) >= 11 is 0. The van der Waals surface area contributed by atoms with Crippen LogP contribution in [0, 0.1) is 0 Å². The molecule has 0 saturated heterocycles. The van der Waals surface area contributed by atoms with Crippen LogP contribution in [0.1, 0.15) is 17.5 Å². The van der Waals surface area contributed by atoms with E-state index in [0.717, 1.165) is 28.9 Å². The molecule has 1 heterocycles. The van der Waals surface area contributed by atoms with Crippen molar-refractivity contribution in [2.75, 3.05) is 24.4 Å². The maximum Gasteiger partial charge on any atom is 0.328 e. The molecule has 0 aromatic heterocycles. The number of benzene rings is 2. The molecule has 2 aromatic rings. The highest BCUT2D eigenvalue weighted by Crippen LogP contribution is 2.29. The minimum atomic E-state index is -0.464. The van der Waals surface area contributed by atoms with Crippen molar-refractivity contribution in [3.8, 4) is 0 Å². The van der Waals surface area contributed by atoms with Crippen LogP contribution in [-0.4, -0.2) is 32.1 Å². The minimum Gasteiger partial charge on any atom is -0.467 e. The number of hydrogen-bond donors (Lipinski definition) is 1. The van der Waals surface area contributed by atoms with E-state index in [1.165, 1.54) is 7.11 Å². The van der Waals surface area contributed by atoms with Crippen molar-refractivity contribution >= 4 is 23.3 Å². The molecule has 0 fully saturated rings. The third-order valence-corrected chi connectivity index (χ3v) is 4.53. The molecule has 1 unspecified atom stereocenters. The second-order valence-corrected chi connectivity index (χ2v) is 6.21. The molecule has 0 spiro atoms. The molecule has 5 heteroatoms. The quantitative estimate of drug-likeness (QED) is 0.852. The summed E-state index contributed by atoms with van der Waals surface area (Å²) in [6.45, 7) is 0. The molecule has 1 N–H and O–H groups in total. The zero-order chi connectivity index (χ0) is 17.8. The monoisotopic (exact) mass is 338 g/mol. The summed E-state index contributed by atoms with van der Waals surface area (Å²) in [5.41, 5.74) is 3.96. The smallest absolute Gasteiger partial charge is 0.328 e. The van der Waals surface area contributed by atoms with Crippen LogP contribution in [0.5, 0.6) is 0 Å². The maximum absolute atomic E-state index is 12.2. The van der Waals surface area contributed by atoms with Crippen LogP contribution in [0.15, 0.2) is 48.5 Å². The second kappa shape index (κ2) is 7.38. The summed E-state index contributed by atoms with van der Waals surface area (Å²) < 4.78 is 4.95. The van der Waals surface area contributed by atoms with Gasteiger partial charge in [-0.1, -0.05) is 30.3 Å². The van der Waals surface area contributed by atoms with Crippen LogP contribution < -0.4 is 10.2 Å². The van der Waals surface area contributed by atoms with Crippen molar-refractivity contribution in [1.29, 1.82) is 0 Å². The largest absolute Gasteiger partial charge is 0.467 e. The number of hydrogen-bond acceptors (Lipinski definition) is 4. The molecule has 25 heavy (non-hydrogen) atoms. The minimum absolute atomic E-state index is 0.129. The van der Waals surface area contributed by atoms with E-state index in [4.69, 9.17) is 4.74 Å². The van der Waals surface area contributed by atoms with Gasteiger partial charge in [-0.3, -0.25) is 4.79 Å². The normalized spacial score (nSPS) is 14.6. The topological polar surface area (TPSA) is 58.6 Å². The molecule has 130 valence electrons. The van der Waals surface area contributed by atoms with Gasteiger partial charge in [0.2, 0.25) is 5.91 Å². The Kier molecular flexibility index (Phi) is 5.03. The first-order valence-electron chi connectivity index (χ1n) is 8.36. The van der Waals surface area contributed by atoms with E-state index >= 15 is 0 Å². The summed E-state index contributed by atoms with van der Waals surface area (Å²) in [5, 5.41) is 3.28. The van der Waals surface area contributed by atoms with Crippen LogP contribution in [0.3, 0.4) is 0 Å². The Morgan fingerprint density at radius 2 is 1.96 bits per heavy atom.